The molecule has 1 saturated carbocycles. The minimum absolute atomic E-state index is 0.650. The van der Waals surface area contributed by atoms with Gasteiger partial charge in [0.1, 0.15) is 0 Å². The van der Waals surface area contributed by atoms with Crippen LogP contribution in [0.25, 0.3) is 0 Å². The Labute approximate surface area is 93.6 Å². The fourth-order valence-corrected chi connectivity index (χ4v) is 2.47. The molecule has 1 aliphatic rings. The van der Waals surface area contributed by atoms with Crippen molar-refractivity contribution in [2.24, 2.45) is 0 Å². The molecule has 0 saturated heterocycles. The van der Waals surface area contributed by atoms with E-state index < -0.39 is 0 Å². The van der Waals surface area contributed by atoms with E-state index in [9.17, 15) is 0 Å². The molecule has 0 spiro atoms. The van der Waals surface area contributed by atoms with E-state index in [4.69, 9.17) is 11.6 Å². The highest BCUT2D eigenvalue weighted by Crippen LogP contribution is 2.18. The van der Waals surface area contributed by atoms with Crippen LogP contribution in [0.3, 0.4) is 0 Å². The fourth-order valence-electron chi connectivity index (χ4n) is 2.32. The van der Waals surface area contributed by atoms with E-state index in [1.165, 1.54) is 44.9 Å². The largest absolute Gasteiger partial charge is 0.312 e. The van der Waals surface area contributed by atoms with Gasteiger partial charge in [-0.2, -0.15) is 0 Å². The second-order valence-corrected chi connectivity index (χ2v) is 4.97. The van der Waals surface area contributed by atoms with Crippen LogP contribution in [-0.2, 0) is 0 Å². The van der Waals surface area contributed by atoms with Crippen molar-refractivity contribution in [3.8, 4) is 0 Å². The highest BCUT2D eigenvalue weighted by Gasteiger charge is 2.13. The van der Waals surface area contributed by atoms with Crippen LogP contribution in [0.5, 0.6) is 0 Å². The average Bonchev–Trinajstić information content (AvgIpc) is 2.43. The monoisotopic (exact) mass is 217 g/mol. The van der Waals surface area contributed by atoms with Crippen LogP contribution < -0.4 is 5.32 Å². The quantitative estimate of drug-likeness (QED) is 0.547. The molecule has 0 amide bonds. The van der Waals surface area contributed by atoms with Gasteiger partial charge in [0.2, 0.25) is 0 Å². The smallest absolute Gasteiger partial charge is 0.0224 e. The van der Waals surface area contributed by atoms with Crippen molar-refractivity contribution >= 4 is 11.6 Å². The predicted molar refractivity (Wildman–Crippen MR) is 64.0 cm³/mol. The average molecular weight is 218 g/mol. The maximum absolute atomic E-state index is 5.69. The Morgan fingerprint density at radius 2 is 1.86 bits per heavy atom. The molecule has 0 heterocycles. The van der Waals surface area contributed by atoms with Gasteiger partial charge in [-0.1, -0.05) is 25.7 Å². The Bertz CT molecular complexity index is 130. The second-order valence-electron chi connectivity index (χ2n) is 4.59. The lowest BCUT2D eigenvalue weighted by Gasteiger charge is -2.21. The van der Waals surface area contributed by atoms with Crippen molar-refractivity contribution in [1.29, 1.82) is 0 Å². The summed E-state index contributed by atoms with van der Waals surface area (Å²) in [5.74, 6) is 0.802. The molecule has 0 aliphatic heterocycles. The van der Waals surface area contributed by atoms with Gasteiger partial charge in [0.25, 0.3) is 0 Å². The highest BCUT2D eigenvalue weighted by atomic mass is 35.5. The van der Waals surface area contributed by atoms with E-state index in [1.807, 2.05) is 0 Å². The molecule has 2 heteroatoms. The summed E-state index contributed by atoms with van der Waals surface area (Å²) in [6, 6.07) is 1.43. The normalized spacial score (nSPS) is 21.9. The third-order valence-corrected chi connectivity index (χ3v) is 3.41. The minimum atomic E-state index is 0.650. The molecule has 1 fully saturated rings. The first-order valence-corrected chi connectivity index (χ1v) is 6.68. The van der Waals surface area contributed by atoms with E-state index in [1.54, 1.807) is 0 Å². The molecular formula is C12H24ClN. The third-order valence-electron chi connectivity index (χ3n) is 3.15. The molecule has 84 valence electrons. The van der Waals surface area contributed by atoms with Gasteiger partial charge in [-0.3, -0.25) is 0 Å². The summed E-state index contributed by atoms with van der Waals surface area (Å²) >= 11 is 5.69. The zero-order valence-corrected chi connectivity index (χ0v) is 10.2. The summed E-state index contributed by atoms with van der Waals surface area (Å²) in [5.41, 5.74) is 0. The number of hydrogen-bond donors (Lipinski definition) is 1. The van der Waals surface area contributed by atoms with Gasteiger partial charge in [0.15, 0.2) is 0 Å². The van der Waals surface area contributed by atoms with Gasteiger partial charge in [-0.15, -0.1) is 11.6 Å². The molecule has 0 aromatic heterocycles. The number of nitrogens with one attached hydrogen (secondary N) is 1. The molecule has 0 radical (unpaired) electrons. The van der Waals surface area contributed by atoms with Crippen molar-refractivity contribution in [2.75, 3.05) is 5.88 Å². The molecule has 1 aliphatic carbocycles. The molecule has 0 aromatic rings. The molecule has 1 rings (SSSR count). The van der Waals surface area contributed by atoms with Crippen LogP contribution in [0.15, 0.2) is 0 Å². The molecule has 1 nitrogen and oxygen atoms in total. The SMILES string of the molecule is CC(CCCCl)NC1CCCCCC1. The lowest BCUT2D eigenvalue weighted by molar-refractivity contribution is 0.392. The Balaban J connectivity index is 2.13. The zero-order chi connectivity index (χ0) is 10.2. The van der Waals surface area contributed by atoms with Crippen LogP contribution in [0.4, 0.5) is 0 Å². The first-order valence-electron chi connectivity index (χ1n) is 6.15. The zero-order valence-electron chi connectivity index (χ0n) is 9.40. The summed E-state index contributed by atoms with van der Waals surface area (Å²) in [7, 11) is 0. The summed E-state index contributed by atoms with van der Waals surface area (Å²) in [4.78, 5) is 0. The third kappa shape index (κ3) is 5.21. The van der Waals surface area contributed by atoms with Crippen molar-refractivity contribution < 1.29 is 0 Å². The van der Waals surface area contributed by atoms with Gasteiger partial charge in [-0.05, 0) is 32.6 Å². The summed E-state index contributed by atoms with van der Waals surface area (Å²) in [6.45, 7) is 2.29. The Morgan fingerprint density at radius 1 is 1.21 bits per heavy atom. The molecule has 1 unspecified atom stereocenters. The number of hydrogen-bond acceptors (Lipinski definition) is 1. The van der Waals surface area contributed by atoms with Crippen molar-refractivity contribution in [2.45, 2.75) is 70.4 Å². The maximum Gasteiger partial charge on any atom is 0.0224 e. The van der Waals surface area contributed by atoms with Gasteiger partial charge in [-0.25, -0.2) is 0 Å². The predicted octanol–water partition coefficient (Wildman–Crippen LogP) is 3.71. The van der Waals surface area contributed by atoms with E-state index in [2.05, 4.69) is 12.2 Å². The lowest BCUT2D eigenvalue weighted by atomic mass is 10.1. The molecule has 14 heavy (non-hydrogen) atoms. The van der Waals surface area contributed by atoms with Crippen LogP contribution in [0, 0.1) is 0 Å². The van der Waals surface area contributed by atoms with E-state index in [0.717, 1.165) is 18.3 Å². The van der Waals surface area contributed by atoms with Crippen LogP contribution in [0.2, 0.25) is 0 Å². The summed E-state index contributed by atoms with van der Waals surface area (Å²) in [5, 5.41) is 3.73. The Morgan fingerprint density at radius 3 is 2.43 bits per heavy atom. The van der Waals surface area contributed by atoms with E-state index in [-0.39, 0.29) is 0 Å². The standard InChI is InChI=1S/C12H24ClN/c1-11(7-6-10-13)14-12-8-4-2-3-5-9-12/h11-12,14H,2-10H2,1H3. The van der Waals surface area contributed by atoms with Gasteiger partial charge < -0.3 is 5.32 Å². The van der Waals surface area contributed by atoms with Crippen LogP contribution in [0.1, 0.15) is 58.3 Å². The van der Waals surface area contributed by atoms with Crippen molar-refractivity contribution in [3.63, 3.8) is 0 Å². The van der Waals surface area contributed by atoms with Gasteiger partial charge >= 0.3 is 0 Å². The summed E-state index contributed by atoms with van der Waals surface area (Å²) in [6.07, 6.45) is 10.8. The van der Waals surface area contributed by atoms with E-state index >= 15 is 0 Å². The molecule has 0 bridgehead atoms. The molecule has 1 atom stereocenters. The highest BCUT2D eigenvalue weighted by molar-refractivity contribution is 6.17. The topological polar surface area (TPSA) is 12.0 Å². The Hall–Kier alpha value is 0.250. The Kier molecular flexibility index (Phi) is 6.63. The van der Waals surface area contributed by atoms with Crippen molar-refractivity contribution in [3.05, 3.63) is 0 Å². The first kappa shape index (κ1) is 12.3. The van der Waals surface area contributed by atoms with Crippen molar-refractivity contribution in [1.82, 2.24) is 5.32 Å². The number of rotatable bonds is 5. The van der Waals surface area contributed by atoms with Gasteiger partial charge in [0, 0.05) is 18.0 Å². The van der Waals surface area contributed by atoms with Crippen LogP contribution >= 0.6 is 11.6 Å². The van der Waals surface area contributed by atoms with Crippen LogP contribution in [-0.4, -0.2) is 18.0 Å². The molecule has 0 aromatic carbocycles. The number of alkyl halides is 1. The lowest BCUT2D eigenvalue weighted by Crippen LogP contribution is -2.36. The van der Waals surface area contributed by atoms with E-state index in [0.29, 0.717) is 6.04 Å². The minimum Gasteiger partial charge on any atom is -0.312 e. The molecular weight excluding hydrogens is 194 g/mol. The maximum atomic E-state index is 5.69. The van der Waals surface area contributed by atoms with Gasteiger partial charge in [0.05, 0.1) is 0 Å². The summed E-state index contributed by atoms with van der Waals surface area (Å²) < 4.78 is 0. The molecule has 1 N–H and O–H groups in total. The first-order chi connectivity index (χ1) is 6.83. The fraction of sp³-hybridized carbons (Fsp3) is 1.00. The number of halogens is 1. The second kappa shape index (κ2) is 7.53.